The zero-order valence-electron chi connectivity index (χ0n) is 14.3. The first-order chi connectivity index (χ1) is 12.3. The molecule has 0 fully saturated rings. The van der Waals surface area contributed by atoms with E-state index in [1.54, 1.807) is 43.1 Å². The molecule has 0 saturated carbocycles. The lowest BCUT2D eigenvalue weighted by molar-refractivity contribution is -0.113. The van der Waals surface area contributed by atoms with Crippen molar-refractivity contribution in [3.8, 4) is 0 Å². The average molecular weight is 411 g/mol. The van der Waals surface area contributed by atoms with Crippen molar-refractivity contribution in [1.29, 1.82) is 0 Å². The van der Waals surface area contributed by atoms with Crippen LogP contribution in [0.2, 0.25) is 10.0 Å². The molecule has 0 unspecified atom stereocenters. The molecule has 1 atom stereocenters. The lowest BCUT2D eigenvalue weighted by Crippen LogP contribution is -2.46. The number of thiocarbonyl (C=S) groups is 1. The topological polar surface area (TPSA) is 70.4 Å². The zero-order chi connectivity index (χ0) is 19.0. The van der Waals surface area contributed by atoms with E-state index in [2.05, 4.69) is 15.8 Å². The van der Waals surface area contributed by atoms with E-state index in [0.717, 1.165) is 0 Å². The molecule has 0 radical (unpaired) electrons. The molecule has 1 aromatic heterocycles. The second kappa shape index (κ2) is 7.26. The van der Waals surface area contributed by atoms with Gasteiger partial charge in [-0.3, -0.25) is 4.79 Å². The molecule has 1 amide bonds. The van der Waals surface area contributed by atoms with Crippen LogP contribution in [0, 0.1) is 6.92 Å². The van der Waals surface area contributed by atoms with E-state index in [-0.39, 0.29) is 5.91 Å². The molecule has 1 aliphatic heterocycles. The van der Waals surface area contributed by atoms with Gasteiger partial charge in [0.1, 0.15) is 5.76 Å². The summed E-state index contributed by atoms with van der Waals surface area (Å²) in [5, 5.41) is 11.0. The van der Waals surface area contributed by atoms with Crippen LogP contribution in [-0.4, -0.2) is 28.1 Å². The highest BCUT2D eigenvalue weighted by Gasteiger charge is 2.34. The summed E-state index contributed by atoms with van der Waals surface area (Å²) in [6.45, 7) is 3.57. The summed E-state index contributed by atoms with van der Waals surface area (Å²) < 4.78 is 5.00. The number of anilines is 1. The summed E-state index contributed by atoms with van der Waals surface area (Å²) in [6.07, 6.45) is 0. The molecule has 2 aromatic rings. The summed E-state index contributed by atoms with van der Waals surface area (Å²) in [6, 6.07) is 6.37. The minimum Gasteiger partial charge on any atom is -0.360 e. The van der Waals surface area contributed by atoms with Crippen LogP contribution >= 0.6 is 35.4 Å². The van der Waals surface area contributed by atoms with Gasteiger partial charge in [-0.15, -0.1) is 0 Å². The maximum Gasteiger partial charge on any atom is 0.257 e. The zero-order valence-corrected chi connectivity index (χ0v) is 16.6. The van der Waals surface area contributed by atoms with Crippen molar-refractivity contribution in [2.24, 2.45) is 0 Å². The van der Waals surface area contributed by atoms with Crippen molar-refractivity contribution >= 4 is 52.3 Å². The van der Waals surface area contributed by atoms with Gasteiger partial charge in [-0.25, -0.2) is 0 Å². The number of hydrogen-bond donors (Lipinski definition) is 2. The molecular weight excluding hydrogens is 395 g/mol. The SMILES string of the molecule is CC1=C(C(=O)Nc2cc(C)on2)[C@H](c2cccc(Cl)c2Cl)NC(=S)N1C. The first kappa shape index (κ1) is 18.7. The van der Waals surface area contributed by atoms with Crippen LogP contribution in [0.3, 0.4) is 0 Å². The number of nitrogens with one attached hydrogen (secondary N) is 2. The predicted octanol–water partition coefficient (Wildman–Crippen LogP) is 4.06. The Morgan fingerprint density at radius 2 is 2.12 bits per heavy atom. The lowest BCUT2D eigenvalue weighted by atomic mass is 9.94. The molecule has 1 aliphatic rings. The van der Waals surface area contributed by atoms with Crippen LogP contribution in [0.5, 0.6) is 0 Å². The third-order valence-corrected chi connectivity index (χ3v) is 5.39. The van der Waals surface area contributed by atoms with Gasteiger partial charge >= 0.3 is 0 Å². The van der Waals surface area contributed by atoms with Gasteiger partial charge in [-0.2, -0.15) is 0 Å². The Morgan fingerprint density at radius 1 is 1.38 bits per heavy atom. The van der Waals surface area contributed by atoms with Crippen molar-refractivity contribution in [1.82, 2.24) is 15.4 Å². The van der Waals surface area contributed by atoms with Gasteiger partial charge in [-0.1, -0.05) is 40.5 Å². The molecule has 1 aromatic carbocycles. The summed E-state index contributed by atoms with van der Waals surface area (Å²) >= 11 is 17.9. The van der Waals surface area contributed by atoms with Gasteiger partial charge in [0.15, 0.2) is 10.9 Å². The van der Waals surface area contributed by atoms with Crippen molar-refractivity contribution in [3.63, 3.8) is 0 Å². The smallest absolute Gasteiger partial charge is 0.257 e. The van der Waals surface area contributed by atoms with Crippen LogP contribution in [0.4, 0.5) is 5.82 Å². The maximum atomic E-state index is 13.0. The van der Waals surface area contributed by atoms with E-state index in [9.17, 15) is 4.79 Å². The first-order valence-corrected chi connectivity index (χ1v) is 8.89. The fourth-order valence-corrected chi connectivity index (χ4v) is 3.39. The Hall–Kier alpha value is -2.09. The minimum atomic E-state index is -0.544. The van der Waals surface area contributed by atoms with Gasteiger partial charge in [0.2, 0.25) is 0 Å². The van der Waals surface area contributed by atoms with E-state index in [0.29, 0.717) is 43.6 Å². The Labute approximate surface area is 166 Å². The fourth-order valence-electron chi connectivity index (χ4n) is 2.72. The first-order valence-electron chi connectivity index (χ1n) is 7.73. The monoisotopic (exact) mass is 410 g/mol. The number of amides is 1. The van der Waals surface area contributed by atoms with E-state index in [1.807, 2.05) is 6.92 Å². The van der Waals surface area contributed by atoms with Gasteiger partial charge in [0.05, 0.1) is 21.7 Å². The van der Waals surface area contributed by atoms with Crippen LogP contribution in [0.1, 0.15) is 24.3 Å². The number of rotatable bonds is 3. The largest absolute Gasteiger partial charge is 0.360 e. The molecule has 2 N–H and O–H groups in total. The molecule has 6 nitrogen and oxygen atoms in total. The third-order valence-electron chi connectivity index (χ3n) is 4.16. The van der Waals surface area contributed by atoms with E-state index < -0.39 is 6.04 Å². The highest BCUT2D eigenvalue weighted by molar-refractivity contribution is 7.80. The number of benzene rings is 1. The second-order valence-corrected chi connectivity index (χ2v) is 7.03. The number of halogens is 2. The van der Waals surface area contributed by atoms with E-state index in [4.69, 9.17) is 39.9 Å². The number of nitrogens with zero attached hydrogens (tertiary/aromatic N) is 2. The second-order valence-electron chi connectivity index (χ2n) is 5.86. The van der Waals surface area contributed by atoms with Crippen LogP contribution in [0.25, 0.3) is 0 Å². The molecule has 3 rings (SSSR count). The molecule has 136 valence electrons. The molecule has 0 aliphatic carbocycles. The standard InChI is InChI=1S/C17H16Cl2N4O2S/c1-8-7-12(22-25-8)20-16(24)13-9(2)23(3)17(26)21-15(13)10-5-4-6-11(18)14(10)19/h4-7,15H,1-3H3,(H,21,26)(H,20,22,24)/t15-/m0/s1. The molecule has 0 spiro atoms. The molecule has 9 heteroatoms. The van der Waals surface area contributed by atoms with Gasteiger partial charge in [0.25, 0.3) is 5.91 Å². The quantitative estimate of drug-likeness (QED) is 0.743. The number of aryl methyl sites for hydroxylation is 1. The Bertz CT molecular complexity index is 925. The van der Waals surface area contributed by atoms with Crippen molar-refractivity contribution in [3.05, 3.63) is 56.9 Å². The number of carbonyl (C=O) groups excluding carboxylic acids is 1. The third kappa shape index (κ3) is 3.42. The van der Waals surface area contributed by atoms with Gasteiger partial charge in [0, 0.05) is 18.8 Å². The fraction of sp³-hybridized carbons (Fsp3) is 0.235. The Kier molecular flexibility index (Phi) is 5.22. The number of allylic oxidation sites excluding steroid dienone is 1. The Balaban J connectivity index is 2.05. The van der Waals surface area contributed by atoms with Gasteiger partial charge < -0.3 is 20.1 Å². The molecular formula is C17H16Cl2N4O2S. The van der Waals surface area contributed by atoms with Crippen molar-refractivity contribution in [2.45, 2.75) is 19.9 Å². The summed E-state index contributed by atoms with van der Waals surface area (Å²) in [5.74, 6) is 0.596. The summed E-state index contributed by atoms with van der Waals surface area (Å²) in [5.41, 5.74) is 1.83. The highest BCUT2D eigenvalue weighted by Crippen LogP contribution is 2.37. The van der Waals surface area contributed by atoms with Crippen LogP contribution in [-0.2, 0) is 4.79 Å². The lowest BCUT2D eigenvalue weighted by Gasteiger charge is -2.36. The van der Waals surface area contributed by atoms with E-state index in [1.165, 1.54) is 0 Å². The Morgan fingerprint density at radius 3 is 2.77 bits per heavy atom. The van der Waals surface area contributed by atoms with Crippen molar-refractivity contribution < 1.29 is 9.32 Å². The average Bonchev–Trinajstić information content (AvgIpc) is 2.99. The van der Waals surface area contributed by atoms with E-state index >= 15 is 0 Å². The van der Waals surface area contributed by atoms with Crippen LogP contribution in [0.15, 0.2) is 40.1 Å². The molecule has 0 bridgehead atoms. The maximum absolute atomic E-state index is 13.0. The minimum absolute atomic E-state index is 0.333. The summed E-state index contributed by atoms with van der Waals surface area (Å²) in [7, 11) is 1.79. The number of carbonyl (C=O) groups is 1. The normalized spacial score (nSPS) is 17.3. The predicted molar refractivity (Wildman–Crippen MR) is 105 cm³/mol. The summed E-state index contributed by atoms with van der Waals surface area (Å²) in [4.78, 5) is 14.7. The molecule has 26 heavy (non-hydrogen) atoms. The van der Waals surface area contributed by atoms with Crippen molar-refractivity contribution in [2.75, 3.05) is 12.4 Å². The van der Waals surface area contributed by atoms with Gasteiger partial charge in [-0.05, 0) is 37.7 Å². The molecule has 0 saturated heterocycles. The number of hydrogen-bond acceptors (Lipinski definition) is 4. The highest BCUT2D eigenvalue weighted by atomic mass is 35.5. The number of aromatic nitrogens is 1. The molecule has 2 heterocycles. The van der Waals surface area contributed by atoms with Crippen LogP contribution < -0.4 is 10.6 Å².